The summed E-state index contributed by atoms with van der Waals surface area (Å²) in [6.07, 6.45) is -2.36. The van der Waals surface area contributed by atoms with E-state index in [0.29, 0.717) is 5.39 Å². The number of rotatable bonds is 0. The fraction of sp³-hybridized carbons (Fsp3) is 0.143. The van der Waals surface area contributed by atoms with Crippen LogP contribution in [0.4, 0.5) is 13.2 Å². The van der Waals surface area contributed by atoms with E-state index in [4.69, 9.17) is 11.6 Å². The van der Waals surface area contributed by atoms with Gasteiger partial charge in [-0.3, -0.25) is 0 Å². The molecule has 0 aliphatic rings. The van der Waals surface area contributed by atoms with Crippen molar-refractivity contribution in [2.75, 3.05) is 0 Å². The van der Waals surface area contributed by atoms with E-state index in [1.807, 2.05) is 0 Å². The van der Waals surface area contributed by atoms with Crippen LogP contribution in [0.2, 0.25) is 5.28 Å². The molecule has 14 heavy (non-hydrogen) atoms. The molecule has 0 saturated carbocycles. The molecule has 0 amide bonds. The number of aromatic nitrogens is 3. The van der Waals surface area contributed by atoms with Gasteiger partial charge in [-0.1, -0.05) is 0 Å². The molecule has 0 fully saturated rings. The lowest BCUT2D eigenvalue weighted by atomic mass is 10.4. The quantitative estimate of drug-likeness (QED) is 0.640. The standard InChI is InChI=1S/C7H3ClF3N3/c8-6-12-3-4-1-2-14(5(4)13-6)7(9,10)11/h1-3H. The molecule has 0 atom stereocenters. The third kappa shape index (κ3) is 1.41. The van der Waals surface area contributed by atoms with Crippen molar-refractivity contribution >= 4 is 22.6 Å². The van der Waals surface area contributed by atoms with Gasteiger partial charge in [0.2, 0.25) is 5.28 Å². The van der Waals surface area contributed by atoms with Crippen molar-refractivity contribution < 1.29 is 13.2 Å². The highest BCUT2D eigenvalue weighted by molar-refractivity contribution is 6.28. The van der Waals surface area contributed by atoms with Gasteiger partial charge in [0.05, 0.1) is 0 Å². The van der Waals surface area contributed by atoms with Gasteiger partial charge in [0.1, 0.15) is 0 Å². The molecule has 2 aromatic rings. The first-order valence-corrected chi connectivity index (χ1v) is 3.93. The molecule has 0 radical (unpaired) electrons. The number of hydrogen-bond acceptors (Lipinski definition) is 2. The molecule has 0 aliphatic carbocycles. The highest BCUT2D eigenvalue weighted by atomic mass is 35.5. The van der Waals surface area contributed by atoms with E-state index < -0.39 is 6.30 Å². The highest BCUT2D eigenvalue weighted by Crippen LogP contribution is 2.27. The van der Waals surface area contributed by atoms with Gasteiger partial charge in [0, 0.05) is 17.8 Å². The average molecular weight is 222 g/mol. The van der Waals surface area contributed by atoms with E-state index in [0.717, 1.165) is 6.20 Å². The molecular weight excluding hydrogens is 219 g/mol. The minimum absolute atomic E-state index is 0.0931. The van der Waals surface area contributed by atoms with Crippen molar-refractivity contribution in [2.24, 2.45) is 0 Å². The lowest BCUT2D eigenvalue weighted by Gasteiger charge is -2.07. The van der Waals surface area contributed by atoms with Crippen LogP contribution in [-0.2, 0) is 6.30 Å². The Kier molecular flexibility index (Phi) is 1.88. The lowest BCUT2D eigenvalue weighted by Crippen LogP contribution is -2.15. The molecule has 2 aromatic heterocycles. The summed E-state index contributed by atoms with van der Waals surface area (Å²) >= 11 is 5.39. The first-order valence-electron chi connectivity index (χ1n) is 3.55. The molecule has 0 bridgehead atoms. The van der Waals surface area contributed by atoms with Crippen molar-refractivity contribution in [3.63, 3.8) is 0 Å². The van der Waals surface area contributed by atoms with Gasteiger partial charge in [0.15, 0.2) is 5.65 Å². The Hall–Kier alpha value is -1.30. The van der Waals surface area contributed by atoms with Gasteiger partial charge in [-0.15, -0.1) is 13.2 Å². The molecule has 0 spiro atoms. The smallest absolute Gasteiger partial charge is 0.242 e. The zero-order valence-electron chi connectivity index (χ0n) is 6.59. The molecule has 0 aliphatic heterocycles. The van der Waals surface area contributed by atoms with Crippen LogP contribution in [0.1, 0.15) is 0 Å². The molecular formula is C7H3ClF3N3. The third-order valence-electron chi connectivity index (χ3n) is 1.67. The van der Waals surface area contributed by atoms with Gasteiger partial charge in [-0.2, -0.15) is 4.98 Å². The summed E-state index contributed by atoms with van der Waals surface area (Å²) in [5.41, 5.74) is -0.238. The van der Waals surface area contributed by atoms with Crippen molar-refractivity contribution in [1.29, 1.82) is 0 Å². The molecule has 7 heteroatoms. The first-order chi connectivity index (χ1) is 6.48. The minimum Gasteiger partial charge on any atom is -0.242 e. The molecule has 74 valence electrons. The second-order valence-electron chi connectivity index (χ2n) is 2.57. The van der Waals surface area contributed by atoms with E-state index in [2.05, 4.69) is 9.97 Å². The largest absolute Gasteiger partial charge is 0.490 e. The lowest BCUT2D eigenvalue weighted by molar-refractivity contribution is -0.201. The predicted molar refractivity (Wildman–Crippen MR) is 43.8 cm³/mol. The number of nitrogens with zero attached hydrogens (tertiary/aromatic N) is 3. The van der Waals surface area contributed by atoms with Gasteiger partial charge in [-0.05, 0) is 17.7 Å². The maximum absolute atomic E-state index is 12.3. The highest BCUT2D eigenvalue weighted by Gasteiger charge is 2.32. The molecule has 0 aromatic carbocycles. The van der Waals surface area contributed by atoms with Gasteiger partial charge < -0.3 is 0 Å². The zero-order chi connectivity index (χ0) is 10.3. The summed E-state index contributed by atoms with van der Waals surface area (Å²) in [6, 6.07) is 1.28. The van der Waals surface area contributed by atoms with E-state index in [9.17, 15) is 13.2 Å². The number of hydrogen-bond donors (Lipinski definition) is 0. The van der Waals surface area contributed by atoms with Crippen molar-refractivity contribution in [2.45, 2.75) is 6.30 Å². The van der Waals surface area contributed by atoms with Crippen molar-refractivity contribution in [3.8, 4) is 0 Å². The molecule has 0 N–H and O–H groups in total. The number of halogens is 4. The van der Waals surface area contributed by atoms with E-state index in [1.54, 1.807) is 0 Å². The molecule has 0 unspecified atom stereocenters. The Labute approximate surface area is 81.1 Å². The van der Waals surface area contributed by atoms with Crippen LogP contribution in [0.3, 0.4) is 0 Å². The minimum atomic E-state index is -4.49. The fourth-order valence-electron chi connectivity index (χ4n) is 1.10. The van der Waals surface area contributed by atoms with Crippen LogP contribution in [0.15, 0.2) is 18.5 Å². The SMILES string of the molecule is FC(F)(F)n1ccc2cnc(Cl)nc21. The summed E-state index contributed by atoms with van der Waals surface area (Å²) in [5.74, 6) is 0. The topological polar surface area (TPSA) is 30.7 Å². The Morgan fingerprint density at radius 2 is 2.07 bits per heavy atom. The Morgan fingerprint density at radius 3 is 2.71 bits per heavy atom. The molecule has 0 saturated heterocycles. The normalized spacial score (nSPS) is 12.3. The Bertz CT molecular complexity index is 476. The number of fused-ring (bicyclic) bond motifs is 1. The van der Waals surface area contributed by atoms with Crippen LogP contribution in [-0.4, -0.2) is 14.5 Å². The van der Waals surface area contributed by atoms with Crippen LogP contribution in [0.25, 0.3) is 11.0 Å². The summed E-state index contributed by atoms with van der Waals surface area (Å²) < 4.78 is 37.1. The van der Waals surface area contributed by atoms with Crippen molar-refractivity contribution in [3.05, 3.63) is 23.7 Å². The monoisotopic (exact) mass is 221 g/mol. The molecule has 2 rings (SSSR count). The zero-order valence-corrected chi connectivity index (χ0v) is 7.34. The molecule has 3 nitrogen and oxygen atoms in total. The number of alkyl halides is 3. The van der Waals surface area contributed by atoms with Crippen LogP contribution >= 0.6 is 11.6 Å². The summed E-state index contributed by atoms with van der Waals surface area (Å²) in [4.78, 5) is 7.08. The summed E-state index contributed by atoms with van der Waals surface area (Å²) in [6.45, 7) is 0. The second kappa shape index (κ2) is 2.84. The van der Waals surface area contributed by atoms with Gasteiger partial charge in [-0.25, -0.2) is 9.55 Å². The van der Waals surface area contributed by atoms with E-state index >= 15 is 0 Å². The van der Waals surface area contributed by atoms with Crippen LogP contribution < -0.4 is 0 Å². The Morgan fingerprint density at radius 1 is 1.36 bits per heavy atom. The average Bonchev–Trinajstić information content (AvgIpc) is 2.45. The third-order valence-corrected chi connectivity index (χ3v) is 1.85. The van der Waals surface area contributed by atoms with E-state index in [-0.39, 0.29) is 15.5 Å². The van der Waals surface area contributed by atoms with Gasteiger partial charge in [0.25, 0.3) is 0 Å². The maximum Gasteiger partial charge on any atom is 0.490 e. The molecule has 2 heterocycles. The van der Waals surface area contributed by atoms with Crippen LogP contribution in [0, 0.1) is 0 Å². The predicted octanol–water partition coefficient (Wildman–Crippen LogP) is 2.56. The van der Waals surface area contributed by atoms with Gasteiger partial charge >= 0.3 is 6.30 Å². The second-order valence-corrected chi connectivity index (χ2v) is 2.91. The Balaban J connectivity index is 2.73. The maximum atomic E-state index is 12.3. The van der Waals surface area contributed by atoms with Crippen LogP contribution in [0.5, 0.6) is 0 Å². The fourth-order valence-corrected chi connectivity index (χ4v) is 1.23. The van der Waals surface area contributed by atoms with Crippen molar-refractivity contribution in [1.82, 2.24) is 14.5 Å². The summed E-state index contributed by atoms with van der Waals surface area (Å²) in [5, 5.41) is 0.0911. The van der Waals surface area contributed by atoms with E-state index in [1.165, 1.54) is 12.3 Å². The summed E-state index contributed by atoms with van der Waals surface area (Å²) in [7, 11) is 0. The first kappa shape index (κ1) is 9.26.